The van der Waals surface area contributed by atoms with E-state index in [0.717, 1.165) is 23.9 Å². The zero-order valence-corrected chi connectivity index (χ0v) is 12.2. The van der Waals surface area contributed by atoms with E-state index in [1.54, 1.807) is 0 Å². The van der Waals surface area contributed by atoms with Gasteiger partial charge in [0.05, 0.1) is 0 Å². The molecule has 0 amide bonds. The van der Waals surface area contributed by atoms with E-state index < -0.39 is 0 Å². The van der Waals surface area contributed by atoms with Crippen LogP contribution in [0.3, 0.4) is 0 Å². The van der Waals surface area contributed by atoms with Gasteiger partial charge >= 0.3 is 0 Å². The van der Waals surface area contributed by atoms with Gasteiger partial charge in [-0.3, -0.25) is 0 Å². The van der Waals surface area contributed by atoms with Gasteiger partial charge in [-0.05, 0) is 49.4 Å². The van der Waals surface area contributed by atoms with Gasteiger partial charge < -0.3 is 10.6 Å². The Bertz CT molecular complexity index is 269. The Labute approximate surface area is 112 Å². The van der Waals surface area contributed by atoms with E-state index in [0.29, 0.717) is 5.41 Å². The normalized spacial score (nSPS) is 37.8. The summed E-state index contributed by atoms with van der Waals surface area (Å²) < 4.78 is 0. The van der Waals surface area contributed by atoms with E-state index in [1.807, 2.05) is 0 Å². The molecule has 0 bridgehead atoms. The van der Waals surface area contributed by atoms with E-state index in [9.17, 15) is 0 Å². The second-order valence-corrected chi connectivity index (χ2v) is 7.40. The van der Waals surface area contributed by atoms with E-state index in [4.69, 9.17) is 0 Å². The van der Waals surface area contributed by atoms with Crippen molar-refractivity contribution < 1.29 is 0 Å². The highest BCUT2D eigenvalue weighted by Gasteiger charge is 2.45. The highest BCUT2D eigenvalue weighted by Crippen LogP contribution is 2.51. The first-order chi connectivity index (χ1) is 8.70. The SMILES string of the molecule is CC(C)C1(CNCC2CC3CCCCC3N2)CC1. The molecule has 2 N–H and O–H groups in total. The maximum atomic E-state index is 3.87. The van der Waals surface area contributed by atoms with Gasteiger partial charge in [-0.25, -0.2) is 0 Å². The number of fused-ring (bicyclic) bond motifs is 1. The molecule has 2 aliphatic carbocycles. The molecule has 0 aromatic carbocycles. The number of rotatable bonds is 5. The number of nitrogens with one attached hydrogen (secondary N) is 2. The summed E-state index contributed by atoms with van der Waals surface area (Å²) in [5, 5.41) is 7.62. The van der Waals surface area contributed by atoms with Crippen LogP contribution in [0.25, 0.3) is 0 Å². The molecule has 3 fully saturated rings. The van der Waals surface area contributed by atoms with Gasteiger partial charge in [0.15, 0.2) is 0 Å². The maximum Gasteiger partial charge on any atom is 0.0198 e. The Morgan fingerprint density at radius 2 is 2.00 bits per heavy atom. The second-order valence-electron chi connectivity index (χ2n) is 7.40. The van der Waals surface area contributed by atoms with Gasteiger partial charge in [0.2, 0.25) is 0 Å². The van der Waals surface area contributed by atoms with E-state index >= 15 is 0 Å². The molecule has 3 atom stereocenters. The summed E-state index contributed by atoms with van der Waals surface area (Å²) >= 11 is 0. The standard InChI is InChI=1S/C16H30N2/c1-12(2)16(7-8-16)11-17-10-14-9-13-5-3-4-6-15(13)18-14/h12-15,17-18H,3-11H2,1-2H3. The Hall–Kier alpha value is -0.0800. The highest BCUT2D eigenvalue weighted by molar-refractivity contribution is 4.98. The Balaban J connectivity index is 1.39. The third kappa shape index (κ3) is 2.60. The maximum absolute atomic E-state index is 3.87. The van der Waals surface area contributed by atoms with Gasteiger partial charge in [-0.15, -0.1) is 0 Å². The highest BCUT2D eigenvalue weighted by atomic mass is 15.0. The Kier molecular flexibility index (Phi) is 3.68. The molecule has 3 unspecified atom stereocenters. The predicted molar refractivity (Wildman–Crippen MR) is 76.7 cm³/mol. The zero-order valence-electron chi connectivity index (χ0n) is 12.2. The van der Waals surface area contributed by atoms with Crippen LogP contribution >= 0.6 is 0 Å². The molecular formula is C16H30N2. The molecule has 1 saturated heterocycles. The molecule has 104 valence electrons. The van der Waals surface area contributed by atoms with Crippen molar-refractivity contribution in [2.75, 3.05) is 13.1 Å². The molecule has 2 heteroatoms. The fourth-order valence-corrected chi connectivity index (χ4v) is 4.20. The average molecular weight is 250 g/mol. The van der Waals surface area contributed by atoms with Crippen LogP contribution in [-0.4, -0.2) is 25.2 Å². The molecule has 0 radical (unpaired) electrons. The summed E-state index contributed by atoms with van der Waals surface area (Å²) in [5.41, 5.74) is 0.658. The van der Waals surface area contributed by atoms with Gasteiger partial charge in [-0.1, -0.05) is 26.7 Å². The van der Waals surface area contributed by atoms with Crippen molar-refractivity contribution in [1.29, 1.82) is 0 Å². The van der Waals surface area contributed by atoms with Crippen molar-refractivity contribution in [1.82, 2.24) is 10.6 Å². The van der Waals surface area contributed by atoms with Crippen LogP contribution in [0, 0.1) is 17.3 Å². The van der Waals surface area contributed by atoms with Crippen LogP contribution < -0.4 is 10.6 Å². The summed E-state index contributed by atoms with van der Waals surface area (Å²) in [5.74, 6) is 1.84. The first-order valence-electron chi connectivity index (χ1n) is 8.16. The molecule has 18 heavy (non-hydrogen) atoms. The fourth-order valence-electron chi connectivity index (χ4n) is 4.20. The lowest BCUT2D eigenvalue weighted by atomic mass is 9.85. The van der Waals surface area contributed by atoms with Crippen molar-refractivity contribution in [2.45, 2.75) is 70.9 Å². The lowest BCUT2D eigenvalue weighted by Gasteiger charge is -2.24. The predicted octanol–water partition coefficient (Wildman–Crippen LogP) is 2.93. The first-order valence-corrected chi connectivity index (χ1v) is 8.16. The van der Waals surface area contributed by atoms with Crippen LogP contribution in [0.2, 0.25) is 0 Å². The van der Waals surface area contributed by atoms with E-state index in [1.165, 1.54) is 58.0 Å². The summed E-state index contributed by atoms with van der Waals surface area (Å²) in [4.78, 5) is 0. The summed E-state index contributed by atoms with van der Waals surface area (Å²) in [6.45, 7) is 7.22. The van der Waals surface area contributed by atoms with Crippen LogP contribution in [0.5, 0.6) is 0 Å². The molecule has 0 aromatic rings. The Morgan fingerprint density at radius 1 is 1.22 bits per heavy atom. The molecule has 2 nitrogen and oxygen atoms in total. The van der Waals surface area contributed by atoms with Crippen LogP contribution in [0.1, 0.15) is 58.8 Å². The number of hydrogen-bond acceptors (Lipinski definition) is 2. The minimum atomic E-state index is 0.658. The van der Waals surface area contributed by atoms with Crippen molar-refractivity contribution in [3.8, 4) is 0 Å². The fraction of sp³-hybridized carbons (Fsp3) is 1.00. The molecule has 3 rings (SSSR count). The van der Waals surface area contributed by atoms with E-state index in [2.05, 4.69) is 24.5 Å². The van der Waals surface area contributed by atoms with Gasteiger partial charge in [0.1, 0.15) is 0 Å². The largest absolute Gasteiger partial charge is 0.315 e. The molecule has 2 saturated carbocycles. The number of hydrogen-bond donors (Lipinski definition) is 2. The molecular weight excluding hydrogens is 220 g/mol. The average Bonchev–Trinajstić information content (AvgIpc) is 3.03. The molecule has 1 aliphatic heterocycles. The topological polar surface area (TPSA) is 24.1 Å². The van der Waals surface area contributed by atoms with E-state index in [-0.39, 0.29) is 0 Å². The minimum Gasteiger partial charge on any atom is -0.315 e. The van der Waals surface area contributed by atoms with Gasteiger partial charge in [0, 0.05) is 25.2 Å². The smallest absolute Gasteiger partial charge is 0.0198 e. The summed E-state index contributed by atoms with van der Waals surface area (Å²) in [6, 6.07) is 1.60. The van der Waals surface area contributed by atoms with Crippen molar-refractivity contribution in [3.63, 3.8) is 0 Å². The minimum absolute atomic E-state index is 0.658. The van der Waals surface area contributed by atoms with Crippen LogP contribution in [0.4, 0.5) is 0 Å². The monoisotopic (exact) mass is 250 g/mol. The summed E-state index contributed by atoms with van der Waals surface area (Å²) in [6.07, 6.45) is 10.1. The van der Waals surface area contributed by atoms with Gasteiger partial charge in [-0.2, -0.15) is 0 Å². The van der Waals surface area contributed by atoms with Crippen molar-refractivity contribution in [3.05, 3.63) is 0 Å². The summed E-state index contributed by atoms with van der Waals surface area (Å²) in [7, 11) is 0. The Morgan fingerprint density at radius 3 is 2.67 bits per heavy atom. The third-order valence-electron chi connectivity index (χ3n) is 5.93. The quantitative estimate of drug-likeness (QED) is 0.784. The van der Waals surface area contributed by atoms with Crippen molar-refractivity contribution >= 4 is 0 Å². The molecule has 1 heterocycles. The molecule has 0 spiro atoms. The molecule has 3 aliphatic rings. The van der Waals surface area contributed by atoms with Crippen molar-refractivity contribution in [2.24, 2.45) is 17.3 Å². The van der Waals surface area contributed by atoms with Crippen LogP contribution in [0.15, 0.2) is 0 Å². The van der Waals surface area contributed by atoms with Crippen LogP contribution in [-0.2, 0) is 0 Å². The van der Waals surface area contributed by atoms with Gasteiger partial charge in [0.25, 0.3) is 0 Å². The first kappa shape index (κ1) is 12.9. The zero-order chi connectivity index (χ0) is 12.6. The molecule has 0 aromatic heterocycles. The lowest BCUT2D eigenvalue weighted by molar-refractivity contribution is 0.325. The third-order valence-corrected chi connectivity index (χ3v) is 5.93. The lowest BCUT2D eigenvalue weighted by Crippen LogP contribution is -2.40. The second kappa shape index (κ2) is 5.13.